The van der Waals surface area contributed by atoms with E-state index in [4.69, 9.17) is 4.74 Å². The van der Waals surface area contributed by atoms with Gasteiger partial charge in [-0.25, -0.2) is 14.4 Å². The van der Waals surface area contributed by atoms with Gasteiger partial charge in [-0.3, -0.25) is 0 Å². The third kappa shape index (κ3) is 6.92. The zero-order chi connectivity index (χ0) is 20.0. The van der Waals surface area contributed by atoms with Crippen LogP contribution in [0.25, 0.3) is 0 Å². The number of nitrogens with one attached hydrogen (secondary N) is 1. The maximum atomic E-state index is 12.5. The first-order valence-corrected chi connectivity index (χ1v) is 9.92. The van der Waals surface area contributed by atoms with Crippen LogP contribution in [0.1, 0.15) is 59.3 Å². The van der Waals surface area contributed by atoms with E-state index in [0.717, 1.165) is 25.7 Å². The Balaban J connectivity index is 1.81. The van der Waals surface area contributed by atoms with E-state index in [2.05, 4.69) is 5.32 Å². The molecule has 1 aliphatic heterocycles. The van der Waals surface area contributed by atoms with Crippen molar-refractivity contribution in [2.75, 3.05) is 26.2 Å². The summed E-state index contributed by atoms with van der Waals surface area (Å²) in [5.41, 5.74) is -0.556. The number of rotatable bonds is 4. The van der Waals surface area contributed by atoms with E-state index in [1.165, 1.54) is 6.42 Å². The molecule has 1 unspecified atom stereocenters. The van der Waals surface area contributed by atoms with Crippen molar-refractivity contribution >= 4 is 18.1 Å². The lowest BCUT2D eigenvalue weighted by molar-refractivity contribution is -0.139. The van der Waals surface area contributed by atoms with Gasteiger partial charge in [-0.05, 0) is 33.1 Å². The summed E-state index contributed by atoms with van der Waals surface area (Å²) in [5.74, 6) is -0.620. The van der Waals surface area contributed by atoms with Gasteiger partial charge in [0.1, 0.15) is 11.6 Å². The normalized spacial score (nSPS) is 20.1. The highest BCUT2D eigenvalue weighted by atomic mass is 16.6. The third-order valence-electron chi connectivity index (χ3n) is 5.11. The summed E-state index contributed by atoms with van der Waals surface area (Å²) in [4.78, 5) is 39.3. The number of ether oxygens (including phenoxy) is 1. The summed E-state index contributed by atoms with van der Waals surface area (Å²) in [7, 11) is 0. The quantitative estimate of drug-likeness (QED) is 0.777. The number of aliphatic carboxylic acids is 1. The first-order chi connectivity index (χ1) is 12.7. The molecule has 0 spiro atoms. The molecule has 1 saturated carbocycles. The van der Waals surface area contributed by atoms with Crippen molar-refractivity contribution in [2.45, 2.75) is 70.9 Å². The van der Waals surface area contributed by atoms with Crippen molar-refractivity contribution in [3.63, 3.8) is 0 Å². The van der Waals surface area contributed by atoms with Gasteiger partial charge in [0.25, 0.3) is 0 Å². The SMILES string of the molecule is CC(C)(C)OC(=O)N1CCN(C(=O)NC(CC2CCCCC2)C(=O)O)CC1. The van der Waals surface area contributed by atoms with Crippen molar-refractivity contribution in [1.82, 2.24) is 15.1 Å². The van der Waals surface area contributed by atoms with Gasteiger partial charge in [0.2, 0.25) is 0 Å². The van der Waals surface area contributed by atoms with Crippen LogP contribution >= 0.6 is 0 Å². The van der Waals surface area contributed by atoms with E-state index in [1.54, 1.807) is 9.80 Å². The van der Waals surface area contributed by atoms with E-state index in [9.17, 15) is 19.5 Å². The predicted molar refractivity (Wildman–Crippen MR) is 101 cm³/mol. The number of hydrogen-bond acceptors (Lipinski definition) is 4. The standard InChI is InChI=1S/C19H33N3O5/c1-19(2,3)27-18(26)22-11-9-21(10-12-22)17(25)20-15(16(23)24)13-14-7-5-4-6-8-14/h14-15H,4-13H2,1-3H3,(H,20,25)(H,23,24). The molecule has 2 rings (SSSR count). The molecule has 8 heteroatoms. The molecule has 2 aliphatic rings. The first-order valence-electron chi connectivity index (χ1n) is 9.92. The third-order valence-corrected chi connectivity index (χ3v) is 5.11. The molecule has 3 amide bonds. The van der Waals surface area contributed by atoms with E-state index in [1.807, 2.05) is 20.8 Å². The minimum atomic E-state index is -0.985. The van der Waals surface area contributed by atoms with Crippen LogP contribution in [0.5, 0.6) is 0 Å². The van der Waals surface area contributed by atoms with Crippen LogP contribution in [0.3, 0.4) is 0 Å². The molecule has 2 N–H and O–H groups in total. The highest BCUT2D eigenvalue weighted by molar-refractivity contribution is 5.82. The first kappa shape index (κ1) is 21.3. The number of carbonyl (C=O) groups excluding carboxylic acids is 2. The van der Waals surface area contributed by atoms with Gasteiger partial charge in [0, 0.05) is 26.2 Å². The molecule has 1 heterocycles. The maximum absolute atomic E-state index is 12.5. The molecule has 2 fully saturated rings. The minimum Gasteiger partial charge on any atom is -0.480 e. The van der Waals surface area contributed by atoms with Crippen LogP contribution in [-0.4, -0.2) is 70.8 Å². The average Bonchev–Trinajstić information content (AvgIpc) is 2.60. The van der Waals surface area contributed by atoms with Gasteiger partial charge < -0.3 is 25.0 Å². The summed E-state index contributed by atoms with van der Waals surface area (Å²) in [6.45, 7) is 6.92. The van der Waals surface area contributed by atoms with Gasteiger partial charge in [0.15, 0.2) is 0 Å². The van der Waals surface area contributed by atoms with Crippen LogP contribution in [0.2, 0.25) is 0 Å². The van der Waals surface area contributed by atoms with Crippen LogP contribution < -0.4 is 5.32 Å². The summed E-state index contributed by atoms with van der Waals surface area (Å²) in [6, 6.07) is -1.23. The van der Waals surface area contributed by atoms with Crippen LogP contribution in [0.4, 0.5) is 9.59 Å². The topological polar surface area (TPSA) is 99.2 Å². The molecule has 0 bridgehead atoms. The van der Waals surface area contributed by atoms with Gasteiger partial charge in [-0.15, -0.1) is 0 Å². The average molecular weight is 383 g/mol. The van der Waals surface area contributed by atoms with Crippen molar-refractivity contribution in [3.8, 4) is 0 Å². The number of amides is 3. The van der Waals surface area contributed by atoms with E-state index < -0.39 is 17.6 Å². The number of carboxylic acid groups (broad SMARTS) is 1. The van der Waals surface area contributed by atoms with Crippen molar-refractivity contribution in [3.05, 3.63) is 0 Å². The second-order valence-corrected chi connectivity index (χ2v) is 8.53. The fourth-order valence-corrected chi connectivity index (χ4v) is 3.64. The van der Waals surface area contributed by atoms with Crippen LogP contribution in [0.15, 0.2) is 0 Å². The Hall–Kier alpha value is -1.99. The molecule has 154 valence electrons. The lowest BCUT2D eigenvalue weighted by atomic mass is 9.85. The number of piperazine rings is 1. The van der Waals surface area contributed by atoms with Gasteiger partial charge in [0.05, 0.1) is 0 Å². The smallest absolute Gasteiger partial charge is 0.410 e. The molecule has 0 aromatic rings. The number of carbonyl (C=O) groups is 3. The molecular weight excluding hydrogens is 350 g/mol. The van der Waals surface area contributed by atoms with Crippen molar-refractivity contribution < 1.29 is 24.2 Å². The molecule has 1 aliphatic carbocycles. The fourth-order valence-electron chi connectivity index (χ4n) is 3.64. The Kier molecular flexibility index (Phi) is 7.33. The zero-order valence-electron chi connectivity index (χ0n) is 16.7. The fraction of sp³-hybridized carbons (Fsp3) is 0.842. The second kappa shape index (κ2) is 9.28. The summed E-state index contributed by atoms with van der Waals surface area (Å²) in [6.07, 6.45) is 5.65. The lowest BCUT2D eigenvalue weighted by Gasteiger charge is -2.36. The largest absolute Gasteiger partial charge is 0.480 e. The van der Waals surface area contributed by atoms with Gasteiger partial charge in [-0.2, -0.15) is 0 Å². The van der Waals surface area contributed by atoms with Gasteiger partial charge >= 0.3 is 18.1 Å². The van der Waals surface area contributed by atoms with Crippen LogP contribution in [-0.2, 0) is 9.53 Å². The Morgan fingerprint density at radius 2 is 1.59 bits per heavy atom. The highest BCUT2D eigenvalue weighted by Crippen LogP contribution is 2.27. The molecule has 8 nitrogen and oxygen atoms in total. The molecule has 1 atom stereocenters. The van der Waals surface area contributed by atoms with Crippen molar-refractivity contribution in [1.29, 1.82) is 0 Å². The molecule has 0 radical (unpaired) electrons. The Labute approximate surface area is 161 Å². The summed E-state index contributed by atoms with van der Waals surface area (Å²) >= 11 is 0. The Morgan fingerprint density at radius 1 is 1.04 bits per heavy atom. The van der Waals surface area contributed by atoms with E-state index in [-0.39, 0.29) is 12.1 Å². The number of carboxylic acids is 1. The summed E-state index contributed by atoms with van der Waals surface area (Å²) in [5, 5.41) is 12.1. The van der Waals surface area contributed by atoms with Gasteiger partial charge in [-0.1, -0.05) is 32.1 Å². The van der Waals surface area contributed by atoms with Crippen LogP contribution in [0, 0.1) is 5.92 Å². The molecule has 27 heavy (non-hydrogen) atoms. The lowest BCUT2D eigenvalue weighted by Crippen LogP contribution is -2.56. The minimum absolute atomic E-state index is 0.362. The number of hydrogen-bond donors (Lipinski definition) is 2. The monoisotopic (exact) mass is 383 g/mol. The molecular formula is C19H33N3O5. The Morgan fingerprint density at radius 3 is 2.11 bits per heavy atom. The predicted octanol–water partition coefficient (Wildman–Crippen LogP) is 2.67. The maximum Gasteiger partial charge on any atom is 0.410 e. The molecule has 0 aromatic heterocycles. The molecule has 0 aromatic carbocycles. The van der Waals surface area contributed by atoms with E-state index in [0.29, 0.717) is 38.5 Å². The Bertz CT molecular complexity index is 532. The number of nitrogens with zero attached hydrogens (tertiary/aromatic N) is 2. The van der Waals surface area contributed by atoms with Crippen molar-refractivity contribution in [2.24, 2.45) is 5.92 Å². The second-order valence-electron chi connectivity index (χ2n) is 8.53. The zero-order valence-corrected chi connectivity index (χ0v) is 16.7. The summed E-state index contributed by atoms with van der Waals surface area (Å²) < 4.78 is 5.34. The number of urea groups is 1. The molecule has 1 saturated heterocycles. The van der Waals surface area contributed by atoms with E-state index >= 15 is 0 Å². The highest BCUT2D eigenvalue weighted by Gasteiger charge is 2.30.